The van der Waals surface area contributed by atoms with E-state index in [9.17, 15) is 0 Å². The second kappa shape index (κ2) is 8.15. The SMILES string of the molecule is CCC(C)N(CC)CCCOc1ccc(C)cc1. The van der Waals surface area contributed by atoms with E-state index in [2.05, 4.69) is 44.7 Å². The van der Waals surface area contributed by atoms with Gasteiger partial charge in [-0.2, -0.15) is 0 Å². The van der Waals surface area contributed by atoms with Crippen molar-refractivity contribution in [3.63, 3.8) is 0 Å². The van der Waals surface area contributed by atoms with Crippen molar-refractivity contribution in [3.8, 4) is 5.75 Å². The second-order valence-corrected chi connectivity index (χ2v) is 4.90. The molecule has 0 radical (unpaired) electrons. The lowest BCUT2D eigenvalue weighted by molar-refractivity contribution is 0.193. The van der Waals surface area contributed by atoms with Crippen molar-refractivity contribution >= 4 is 0 Å². The second-order valence-electron chi connectivity index (χ2n) is 4.90. The molecule has 0 saturated heterocycles. The Labute approximate surface area is 112 Å². The van der Waals surface area contributed by atoms with Crippen molar-refractivity contribution in [2.75, 3.05) is 19.7 Å². The standard InChI is InChI=1S/C16H27NO/c1-5-15(4)17(6-2)12-7-13-18-16-10-8-14(3)9-11-16/h8-11,15H,5-7,12-13H2,1-4H3. The fourth-order valence-corrected chi connectivity index (χ4v) is 2.04. The topological polar surface area (TPSA) is 12.5 Å². The van der Waals surface area contributed by atoms with Crippen molar-refractivity contribution in [2.24, 2.45) is 0 Å². The summed E-state index contributed by atoms with van der Waals surface area (Å²) in [5.41, 5.74) is 1.27. The molecule has 0 aromatic heterocycles. The number of ether oxygens (including phenoxy) is 1. The number of aryl methyl sites for hydroxylation is 1. The summed E-state index contributed by atoms with van der Waals surface area (Å²) >= 11 is 0. The highest BCUT2D eigenvalue weighted by Gasteiger charge is 2.08. The van der Waals surface area contributed by atoms with Gasteiger partial charge in [0.1, 0.15) is 5.75 Å². The molecule has 1 atom stereocenters. The van der Waals surface area contributed by atoms with Gasteiger partial charge in [-0.15, -0.1) is 0 Å². The van der Waals surface area contributed by atoms with Gasteiger partial charge < -0.3 is 9.64 Å². The first kappa shape index (κ1) is 15.0. The number of rotatable bonds is 8. The van der Waals surface area contributed by atoms with Gasteiger partial charge in [0.15, 0.2) is 0 Å². The first-order valence-corrected chi connectivity index (χ1v) is 7.10. The smallest absolute Gasteiger partial charge is 0.119 e. The summed E-state index contributed by atoms with van der Waals surface area (Å²) in [6.45, 7) is 11.9. The predicted molar refractivity (Wildman–Crippen MR) is 78.3 cm³/mol. The van der Waals surface area contributed by atoms with E-state index in [-0.39, 0.29) is 0 Å². The highest BCUT2D eigenvalue weighted by molar-refractivity contribution is 5.26. The van der Waals surface area contributed by atoms with Gasteiger partial charge in [0.2, 0.25) is 0 Å². The molecule has 1 aromatic carbocycles. The zero-order chi connectivity index (χ0) is 13.4. The third-order valence-corrected chi connectivity index (χ3v) is 3.50. The average Bonchev–Trinajstić information content (AvgIpc) is 2.40. The number of benzene rings is 1. The molecule has 0 aliphatic carbocycles. The lowest BCUT2D eigenvalue weighted by atomic mass is 10.2. The third-order valence-electron chi connectivity index (χ3n) is 3.50. The maximum absolute atomic E-state index is 5.74. The lowest BCUT2D eigenvalue weighted by Gasteiger charge is -2.26. The Morgan fingerprint density at radius 2 is 1.83 bits per heavy atom. The third kappa shape index (κ3) is 5.09. The molecule has 0 bridgehead atoms. The molecule has 0 aliphatic heterocycles. The monoisotopic (exact) mass is 249 g/mol. The number of hydrogen-bond acceptors (Lipinski definition) is 2. The summed E-state index contributed by atoms with van der Waals surface area (Å²) in [6.07, 6.45) is 2.30. The molecule has 1 unspecified atom stereocenters. The molecule has 102 valence electrons. The molecule has 2 heteroatoms. The maximum Gasteiger partial charge on any atom is 0.119 e. The van der Waals surface area contributed by atoms with E-state index in [1.807, 2.05) is 12.1 Å². The summed E-state index contributed by atoms with van der Waals surface area (Å²) in [5, 5.41) is 0. The molecule has 0 amide bonds. The fourth-order valence-electron chi connectivity index (χ4n) is 2.04. The first-order chi connectivity index (χ1) is 8.67. The molecule has 0 fully saturated rings. The van der Waals surface area contributed by atoms with Crippen LogP contribution in [0.3, 0.4) is 0 Å². The van der Waals surface area contributed by atoms with Crippen LogP contribution in [0.25, 0.3) is 0 Å². The van der Waals surface area contributed by atoms with Crippen LogP contribution >= 0.6 is 0 Å². The maximum atomic E-state index is 5.74. The van der Waals surface area contributed by atoms with Gasteiger partial charge in [-0.3, -0.25) is 0 Å². The Kier molecular flexibility index (Phi) is 6.81. The molecule has 0 saturated carbocycles. The number of nitrogens with zero attached hydrogens (tertiary/aromatic N) is 1. The van der Waals surface area contributed by atoms with E-state index >= 15 is 0 Å². The van der Waals surface area contributed by atoms with Gasteiger partial charge in [0.25, 0.3) is 0 Å². The van der Waals surface area contributed by atoms with E-state index in [4.69, 9.17) is 4.74 Å². The zero-order valence-corrected chi connectivity index (χ0v) is 12.3. The molecule has 1 rings (SSSR count). The van der Waals surface area contributed by atoms with Gasteiger partial charge in [0.05, 0.1) is 6.61 Å². The van der Waals surface area contributed by atoms with E-state index in [0.717, 1.165) is 31.9 Å². The van der Waals surface area contributed by atoms with Crippen molar-refractivity contribution in [3.05, 3.63) is 29.8 Å². The van der Waals surface area contributed by atoms with Crippen LogP contribution in [0.4, 0.5) is 0 Å². The summed E-state index contributed by atoms with van der Waals surface area (Å²) in [5.74, 6) is 0.979. The first-order valence-electron chi connectivity index (χ1n) is 7.10. The van der Waals surface area contributed by atoms with Crippen LogP contribution < -0.4 is 4.74 Å². The van der Waals surface area contributed by atoms with Crippen LogP contribution in [0.1, 0.15) is 39.2 Å². The summed E-state index contributed by atoms with van der Waals surface area (Å²) < 4.78 is 5.74. The van der Waals surface area contributed by atoms with Gasteiger partial charge in [-0.25, -0.2) is 0 Å². The van der Waals surface area contributed by atoms with Crippen LogP contribution in [0, 0.1) is 6.92 Å². The van der Waals surface area contributed by atoms with Crippen LogP contribution in [-0.4, -0.2) is 30.6 Å². The van der Waals surface area contributed by atoms with E-state index in [1.54, 1.807) is 0 Å². The molecular formula is C16H27NO. The zero-order valence-electron chi connectivity index (χ0n) is 12.3. The van der Waals surface area contributed by atoms with E-state index in [0.29, 0.717) is 6.04 Å². The molecule has 0 spiro atoms. The minimum absolute atomic E-state index is 0.675. The van der Waals surface area contributed by atoms with Crippen molar-refractivity contribution in [1.82, 2.24) is 4.90 Å². The minimum atomic E-state index is 0.675. The van der Waals surface area contributed by atoms with Crippen molar-refractivity contribution in [1.29, 1.82) is 0 Å². The highest BCUT2D eigenvalue weighted by atomic mass is 16.5. The van der Waals surface area contributed by atoms with Gasteiger partial charge in [0, 0.05) is 12.6 Å². The fraction of sp³-hybridized carbons (Fsp3) is 0.625. The molecule has 18 heavy (non-hydrogen) atoms. The quantitative estimate of drug-likeness (QED) is 0.648. The van der Waals surface area contributed by atoms with E-state index < -0.39 is 0 Å². The summed E-state index contributed by atoms with van der Waals surface area (Å²) in [6, 6.07) is 8.94. The van der Waals surface area contributed by atoms with Crippen molar-refractivity contribution < 1.29 is 4.74 Å². The van der Waals surface area contributed by atoms with Crippen LogP contribution in [0.2, 0.25) is 0 Å². The Morgan fingerprint density at radius 1 is 1.17 bits per heavy atom. The van der Waals surface area contributed by atoms with Gasteiger partial charge in [-0.05, 0) is 45.4 Å². The number of hydrogen-bond donors (Lipinski definition) is 0. The lowest BCUT2D eigenvalue weighted by Crippen LogP contribution is -2.33. The Hall–Kier alpha value is -1.02. The largest absolute Gasteiger partial charge is 0.494 e. The Bertz CT molecular complexity index is 320. The van der Waals surface area contributed by atoms with Crippen LogP contribution in [0.5, 0.6) is 5.75 Å². The van der Waals surface area contributed by atoms with Crippen LogP contribution in [-0.2, 0) is 0 Å². The predicted octanol–water partition coefficient (Wildman–Crippen LogP) is 3.88. The van der Waals surface area contributed by atoms with Crippen LogP contribution in [0.15, 0.2) is 24.3 Å². The Balaban J connectivity index is 2.23. The molecule has 0 aliphatic rings. The van der Waals surface area contributed by atoms with Gasteiger partial charge in [-0.1, -0.05) is 31.5 Å². The molecule has 0 N–H and O–H groups in total. The van der Waals surface area contributed by atoms with E-state index in [1.165, 1.54) is 12.0 Å². The molecule has 1 aromatic rings. The van der Waals surface area contributed by atoms with Crippen molar-refractivity contribution in [2.45, 2.75) is 46.6 Å². The Morgan fingerprint density at radius 3 is 2.39 bits per heavy atom. The molecule has 0 heterocycles. The highest BCUT2D eigenvalue weighted by Crippen LogP contribution is 2.12. The molecular weight excluding hydrogens is 222 g/mol. The normalized spacial score (nSPS) is 12.7. The minimum Gasteiger partial charge on any atom is -0.494 e. The molecule has 2 nitrogen and oxygen atoms in total. The van der Waals surface area contributed by atoms with Gasteiger partial charge >= 0.3 is 0 Å². The summed E-state index contributed by atoms with van der Waals surface area (Å²) in [4.78, 5) is 2.51. The summed E-state index contributed by atoms with van der Waals surface area (Å²) in [7, 11) is 0. The average molecular weight is 249 g/mol.